The highest BCUT2D eigenvalue weighted by Crippen LogP contribution is 2.33. The first kappa shape index (κ1) is 15.9. The second kappa shape index (κ2) is 6.07. The number of rotatable bonds is 3. The molecule has 4 nitrogen and oxygen atoms in total. The number of ether oxygens (including phenoxy) is 1. The molecular formula is C14H14ClFN2O2S. The maximum Gasteiger partial charge on any atom is 0.339 e. The Kier molecular flexibility index (Phi) is 4.58. The zero-order valence-electron chi connectivity index (χ0n) is 12.0. The van der Waals surface area contributed by atoms with Gasteiger partial charge in [0, 0.05) is 18.2 Å². The third kappa shape index (κ3) is 2.78. The number of hydrogen-bond donors (Lipinski definition) is 0. The average molecular weight is 329 g/mol. The largest absolute Gasteiger partial charge is 0.465 e. The molecule has 0 saturated heterocycles. The highest BCUT2D eigenvalue weighted by Gasteiger charge is 2.21. The lowest BCUT2D eigenvalue weighted by Gasteiger charge is -2.07. The van der Waals surface area contributed by atoms with E-state index < -0.39 is 11.8 Å². The summed E-state index contributed by atoms with van der Waals surface area (Å²) in [7, 11) is 3.04. The van der Waals surface area contributed by atoms with Crippen LogP contribution in [0.3, 0.4) is 0 Å². The van der Waals surface area contributed by atoms with E-state index in [4.69, 9.17) is 11.6 Å². The van der Waals surface area contributed by atoms with E-state index in [0.29, 0.717) is 5.69 Å². The molecular weight excluding hydrogens is 315 g/mol. The summed E-state index contributed by atoms with van der Waals surface area (Å²) in [6.45, 7) is 1.86. The Morgan fingerprint density at radius 1 is 1.48 bits per heavy atom. The van der Waals surface area contributed by atoms with Crippen molar-refractivity contribution in [3.63, 3.8) is 0 Å². The number of halogens is 2. The molecule has 0 atom stereocenters. The van der Waals surface area contributed by atoms with Gasteiger partial charge in [0.15, 0.2) is 0 Å². The lowest BCUT2D eigenvalue weighted by Crippen LogP contribution is -2.04. The predicted molar refractivity (Wildman–Crippen MR) is 81.5 cm³/mol. The SMILES string of the molecule is COC(=O)c1cc(-c2nn(C)c(SC)c2C)c(F)cc1Cl. The van der Waals surface area contributed by atoms with Gasteiger partial charge in [-0.05, 0) is 25.3 Å². The van der Waals surface area contributed by atoms with Crippen molar-refractivity contribution in [3.8, 4) is 11.3 Å². The van der Waals surface area contributed by atoms with Gasteiger partial charge in [-0.25, -0.2) is 9.18 Å². The molecule has 1 heterocycles. The summed E-state index contributed by atoms with van der Waals surface area (Å²) in [6, 6.07) is 2.49. The fourth-order valence-electron chi connectivity index (χ4n) is 2.15. The zero-order chi connectivity index (χ0) is 15.7. The van der Waals surface area contributed by atoms with E-state index >= 15 is 0 Å². The number of methoxy groups -OCH3 is 1. The first-order valence-corrected chi connectivity index (χ1v) is 7.66. The molecule has 21 heavy (non-hydrogen) atoms. The van der Waals surface area contributed by atoms with Crippen molar-refractivity contribution in [2.24, 2.45) is 7.05 Å². The fraction of sp³-hybridized carbons (Fsp3) is 0.286. The molecule has 0 saturated carbocycles. The molecule has 1 aromatic carbocycles. The van der Waals surface area contributed by atoms with Gasteiger partial charge in [0.2, 0.25) is 0 Å². The summed E-state index contributed by atoms with van der Waals surface area (Å²) in [6.07, 6.45) is 1.92. The number of carbonyl (C=O) groups excluding carboxylic acids is 1. The molecule has 0 aliphatic heterocycles. The molecule has 0 aliphatic carbocycles. The van der Waals surface area contributed by atoms with Gasteiger partial charge in [-0.15, -0.1) is 11.8 Å². The van der Waals surface area contributed by atoms with Crippen molar-refractivity contribution >= 4 is 29.3 Å². The lowest BCUT2D eigenvalue weighted by atomic mass is 10.0. The molecule has 0 spiro atoms. The highest BCUT2D eigenvalue weighted by molar-refractivity contribution is 7.98. The highest BCUT2D eigenvalue weighted by atomic mass is 35.5. The summed E-state index contributed by atoms with van der Waals surface area (Å²) < 4.78 is 20.6. The summed E-state index contributed by atoms with van der Waals surface area (Å²) in [5.74, 6) is -1.14. The normalized spacial score (nSPS) is 10.8. The molecule has 0 fully saturated rings. The molecule has 0 amide bonds. The number of nitrogens with zero attached hydrogens (tertiary/aromatic N) is 2. The number of carbonyl (C=O) groups is 1. The summed E-state index contributed by atoms with van der Waals surface area (Å²) in [4.78, 5) is 11.7. The van der Waals surface area contributed by atoms with E-state index in [2.05, 4.69) is 9.84 Å². The monoisotopic (exact) mass is 328 g/mol. The number of esters is 1. The van der Waals surface area contributed by atoms with Gasteiger partial charge in [0.25, 0.3) is 0 Å². The van der Waals surface area contributed by atoms with E-state index in [1.807, 2.05) is 13.2 Å². The average Bonchev–Trinajstić information content (AvgIpc) is 2.72. The molecule has 0 unspecified atom stereocenters. The van der Waals surface area contributed by atoms with Gasteiger partial charge in [0.1, 0.15) is 5.82 Å². The smallest absolute Gasteiger partial charge is 0.339 e. The third-order valence-corrected chi connectivity index (χ3v) is 4.40. The Labute approximate surface area is 131 Å². The van der Waals surface area contributed by atoms with Crippen LogP contribution in [0.4, 0.5) is 4.39 Å². The predicted octanol–water partition coefficient (Wildman–Crippen LogP) is 3.70. The second-order valence-corrected chi connectivity index (χ2v) is 5.61. The van der Waals surface area contributed by atoms with Crippen molar-refractivity contribution in [2.75, 3.05) is 13.4 Å². The molecule has 7 heteroatoms. The van der Waals surface area contributed by atoms with Gasteiger partial charge < -0.3 is 4.74 Å². The third-order valence-electron chi connectivity index (χ3n) is 3.13. The Hall–Kier alpha value is -1.53. The van der Waals surface area contributed by atoms with E-state index in [-0.39, 0.29) is 16.1 Å². The van der Waals surface area contributed by atoms with Gasteiger partial charge in [-0.1, -0.05) is 11.6 Å². The molecule has 112 valence electrons. The van der Waals surface area contributed by atoms with E-state index in [1.54, 1.807) is 11.7 Å². The van der Waals surface area contributed by atoms with Crippen molar-refractivity contribution in [2.45, 2.75) is 11.9 Å². The van der Waals surface area contributed by atoms with Crippen molar-refractivity contribution < 1.29 is 13.9 Å². The van der Waals surface area contributed by atoms with Crippen molar-refractivity contribution in [3.05, 3.63) is 34.1 Å². The minimum absolute atomic E-state index is 0.0155. The molecule has 0 aliphatic rings. The standard InChI is InChI=1S/C14H14ClFN2O2S/c1-7-12(17-18(2)13(7)21-4)9-5-8(14(19)20-3)10(15)6-11(9)16/h5-6H,1-4H3. The van der Waals surface area contributed by atoms with E-state index in [9.17, 15) is 9.18 Å². The maximum absolute atomic E-state index is 14.2. The van der Waals surface area contributed by atoms with Crippen LogP contribution in [0.2, 0.25) is 5.02 Å². The van der Waals surface area contributed by atoms with Crippen LogP contribution in [0.15, 0.2) is 17.2 Å². The molecule has 0 bridgehead atoms. The van der Waals surface area contributed by atoms with Crippen LogP contribution in [-0.2, 0) is 11.8 Å². The summed E-state index contributed by atoms with van der Waals surface area (Å²) in [5.41, 5.74) is 1.68. The maximum atomic E-state index is 14.2. The quantitative estimate of drug-likeness (QED) is 0.636. The molecule has 0 N–H and O–H groups in total. The Bertz CT molecular complexity index is 715. The lowest BCUT2D eigenvalue weighted by molar-refractivity contribution is 0.0601. The Morgan fingerprint density at radius 3 is 2.67 bits per heavy atom. The molecule has 0 radical (unpaired) electrons. The van der Waals surface area contributed by atoms with Crippen LogP contribution in [0.25, 0.3) is 11.3 Å². The van der Waals surface area contributed by atoms with Gasteiger partial charge in [-0.3, -0.25) is 4.68 Å². The minimum Gasteiger partial charge on any atom is -0.465 e. The van der Waals surface area contributed by atoms with Gasteiger partial charge in [0.05, 0.1) is 28.4 Å². The van der Waals surface area contributed by atoms with Crippen molar-refractivity contribution in [1.82, 2.24) is 9.78 Å². The molecule has 2 aromatic rings. The van der Waals surface area contributed by atoms with Crippen LogP contribution in [0, 0.1) is 12.7 Å². The van der Waals surface area contributed by atoms with Crippen molar-refractivity contribution in [1.29, 1.82) is 0 Å². The number of benzene rings is 1. The summed E-state index contributed by atoms with van der Waals surface area (Å²) >= 11 is 7.42. The van der Waals surface area contributed by atoms with Gasteiger partial charge >= 0.3 is 5.97 Å². The van der Waals surface area contributed by atoms with Crippen LogP contribution >= 0.6 is 23.4 Å². The summed E-state index contributed by atoms with van der Waals surface area (Å²) in [5, 5.41) is 5.27. The van der Waals surface area contributed by atoms with E-state index in [0.717, 1.165) is 16.7 Å². The number of aryl methyl sites for hydroxylation is 1. The number of aromatic nitrogens is 2. The minimum atomic E-state index is -0.611. The number of hydrogen-bond acceptors (Lipinski definition) is 4. The fourth-order valence-corrected chi connectivity index (χ4v) is 3.09. The number of thioether (sulfide) groups is 1. The first-order valence-electron chi connectivity index (χ1n) is 6.06. The van der Waals surface area contributed by atoms with E-state index in [1.165, 1.54) is 24.9 Å². The van der Waals surface area contributed by atoms with Crippen LogP contribution in [0.1, 0.15) is 15.9 Å². The Morgan fingerprint density at radius 2 is 2.14 bits per heavy atom. The van der Waals surface area contributed by atoms with Crippen LogP contribution in [0.5, 0.6) is 0 Å². The van der Waals surface area contributed by atoms with Gasteiger partial charge in [-0.2, -0.15) is 5.10 Å². The molecule has 2 rings (SSSR count). The second-order valence-electron chi connectivity index (χ2n) is 4.41. The zero-order valence-corrected chi connectivity index (χ0v) is 13.6. The molecule has 1 aromatic heterocycles. The first-order chi connectivity index (χ1) is 9.90. The van der Waals surface area contributed by atoms with Crippen LogP contribution < -0.4 is 0 Å². The topological polar surface area (TPSA) is 44.1 Å². The Balaban J connectivity index is 2.67. The van der Waals surface area contributed by atoms with Crippen LogP contribution in [-0.4, -0.2) is 29.1 Å².